The Bertz CT molecular complexity index is 794. The third-order valence-electron chi connectivity index (χ3n) is 4.10. The average molecular weight is 372 g/mol. The van der Waals surface area contributed by atoms with E-state index >= 15 is 0 Å². The van der Waals surface area contributed by atoms with Gasteiger partial charge in [0, 0.05) is 5.56 Å². The zero-order chi connectivity index (χ0) is 18.8. The number of unbranched alkanes of at least 4 members (excludes halogenated alkanes) is 5. The van der Waals surface area contributed by atoms with Gasteiger partial charge in [0.1, 0.15) is 17.4 Å². The summed E-state index contributed by atoms with van der Waals surface area (Å²) in [4.78, 5) is 19.0. The Balaban J connectivity index is 1.99. The molecule has 0 spiro atoms. The molecule has 2 aromatic rings. The second-order valence-corrected chi connectivity index (χ2v) is 6.85. The number of rotatable bonds is 10. The SMILES string of the molecule is CCCCCCCCOc1ccc(-c2nc(SC)[nH]c(=O)c2C#N)cc1. The first-order valence-corrected chi connectivity index (χ1v) is 10.2. The van der Waals surface area contributed by atoms with Crippen molar-refractivity contribution in [3.05, 3.63) is 40.2 Å². The molecule has 1 aromatic heterocycles. The highest BCUT2D eigenvalue weighted by Gasteiger charge is 2.13. The largest absolute Gasteiger partial charge is 0.494 e. The van der Waals surface area contributed by atoms with Crippen molar-refractivity contribution in [2.24, 2.45) is 0 Å². The van der Waals surface area contributed by atoms with Gasteiger partial charge in [-0.15, -0.1) is 0 Å². The lowest BCUT2D eigenvalue weighted by molar-refractivity contribution is 0.304. The van der Waals surface area contributed by atoms with E-state index < -0.39 is 5.56 Å². The van der Waals surface area contributed by atoms with Crippen molar-refractivity contribution in [3.63, 3.8) is 0 Å². The van der Waals surface area contributed by atoms with E-state index in [0.29, 0.717) is 17.5 Å². The molecule has 0 aliphatic heterocycles. The molecule has 2 rings (SSSR count). The number of aromatic nitrogens is 2. The first kappa shape index (κ1) is 20.1. The minimum Gasteiger partial charge on any atom is -0.494 e. The van der Waals surface area contributed by atoms with Crippen LogP contribution in [0.1, 0.15) is 51.0 Å². The smallest absolute Gasteiger partial charge is 0.270 e. The van der Waals surface area contributed by atoms with Crippen LogP contribution in [0.25, 0.3) is 11.3 Å². The zero-order valence-corrected chi connectivity index (χ0v) is 16.2. The van der Waals surface area contributed by atoms with E-state index in [-0.39, 0.29) is 5.56 Å². The summed E-state index contributed by atoms with van der Waals surface area (Å²) in [5, 5.41) is 9.75. The van der Waals surface area contributed by atoms with Crippen LogP contribution in [-0.2, 0) is 0 Å². The third kappa shape index (κ3) is 5.63. The zero-order valence-electron chi connectivity index (χ0n) is 15.4. The van der Waals surface area contributed by atoms with Gasteiger partial charge in [0.15, 0.2) is 5.16 Å². The maximum Gasteiger partial charge on any atom is 0.270 e. The van der Waals surface area contributed by atoms with Crippen LogP contribution in [-0.4, -0.2) is 22.8 Å². The van der Waals surface area contributed by atoms with Crippen molar-refractivity contribution in [1.29, 1.82) is 5.26 Å². The Hall–Kier alpha value is -2.26. The van der Waals surface area contributed by atoms with Crippen molar-refractivity contribution in [1.82, 2.24) is 9.97 Å². The molecule has 0 atom stereocenters. The molecule has 0 aliphatic rings. The molecule has 0 bridgehead atoms. The molecule has 0 saturated heterocycles. The van der Waals surface area contributed by atoms with E-state index in [1.54, 1.807) is 0 Å². The monoisotopic (exact) mass is 371 g/mol. The summed E-state index contributed by atoms with van der Waals surface area (Å²) in [6.45, 7) is 2.92. The van der Waals surface area contributed by atoms with Crippen LogP contribution >= 0.6 is 11.8 Å². The Morgan fingerprint density at radius 3 is 2.50 bits per heavy atom. The maximum atomic E-state index is 12.0. The summed E-state index contributed by atoms with van der Waals surface area (Å²) in [7, 11) is 0. The summed E-state index contributed by atoms with van der Waals surface area (Å²) >= 11 is 1.33. The quantitative estimate of drug-likeness (QED) is 0.370. The number of aromatic amines is 1. The van der Waals surface area contributed by atoms with Gasteiger partial charge in [0.25, 0.3) is 5.56 Å². The number of ether oxygens (including phenoxy) is 1. The molecule has 1 N–H and O–H groups in total. The molecular weight excluding hydrogens is 346 g/mol. The van der Waals surface area contributed by atoms with E-state index in [9.17, 15) is 10.1 Å². The average Bonchev–Trinajstić information content (AvgIpc) is 2.67. The van der Waals surface area contributed by atoms with Gasteiger partial charge in [-0.05, 0) is 36.9 Å². The van der Waals surface area contributed by atoms with Gasteiger partial charge in [-0.1, -0.05) is 50.8 Å². The number of hydrogen-bond acceptors (Lipinski definition) is 5. The highest BCUT2D eigenvalue weighted by atomic mass is 32.2. The Labute approximate surface area is 158 Å². The number of thioether (sulfide) groups is 1. The summed E-state index contributed by atoms with van der Waals surface area (Å²) in [6, 6.07) is 9.33. The number of hydrogen-bond donors (Lipinski definition) is 1. The third-order valence-corrected chi connectivity index (χ3v) is 4.68. The summed E-state index contributed by atoms with van der Waals surface area (Å²) < 4.78 is 5.77. The number of nitriles is 1. The molecule has 0 fully saturated rings. The molecule has 26 heavy (non-hydrogen) atoms. The first-order valence-electron chi connectivity index (χ1n) is 9.01. The fourth-order valence-corrected chi connectivity index (χ4v) is 3.02. The summed E-state index contributed by atoms with van der Waals surface area (Å²) in [6.07, 6.45) is 9.20. The summed E-state index contributed by atoms with van der Waals surface area (Å²) in [5.74, 6) is 0.788. The van der Waals surface area contributed by atoms with E-state index in [4.69, 9.17) is 4.74 Å². The van der Waals surface area contributed by atoms with E-state index in [1.807, 2.05) is 36.6 Å². The second kappa shape index (κ2) is 10.7. The normalized spacial score (nSPS) is 10.5. The fraction of sp³-hybridized carbons (Fsp3) is 0.450. The second-order valence-electron chi connectivity index (χ2n) is 6.05. The number of H-pyrrole nitrogens is 1. The van der Waals surface area contributed by atoms with Gasteiger partial charge in [-0.25, -0.2) is 4.98 Å². The fourth-order valence-electron chi connectivity index (χ4n) is 2.64. The molecular formula is C20H25N3O2S. The van der Waals surface area contributed by atoms with Crippen LogP contribution in [0.3, 0.4) is 0 Å². The molecule has 1 aromatic carbocycles. The van der Waals surface area contributed by atoms with E-state index in [2.05, 4.69) is 16.9 Å². The minimum atomic E-state index is -0.412. The van der Waals surface area contributed by atoms with Crippen LogP contribution in [0.5, 0.6) is 5.75 Å². The molecule has 0 amide bonds. The van der Waals surface area contributed by atoms with Gasteiger partial charge < -0.3 is 9.72 Å². The predicted octanol–water partition coefficient (Wildman–Crippen LogP) is 4.77. The number of nitrogens with zero attached hydrogens (tertiary/aromatic N) is 2. The standard InChI is InChI=1S/C20H25N3O2S/c1-3-4-5-6-7-8-13-25-16-11-9-15(10-12-16)18-17(14-21)19(24)23-20(22-18)26-2/h9-12H,3-8,13H2,1-2H3,(H,22,23,24). The lowest BCUT2D eigenvalue weighted by atomic mass is 10.1. The van der Waals surface area contributed by atoms with Gasteiger partial charge >= 0.3 is 0 Å². The lowest BCUT2D eigenvalue weighted by Gasteiger charge is -2.08. The first-order chi connectivity index (χ1) is 12.7. The molecule has 1 heterocycles. The topological polar surface area (TPSA) is 78.8 Å². The van der Waals surface area contributed by atoms with Gasteiger partial charge in [0.2, 0.25) is 0 Å². The van der Waals surface area contributed by atoms with Crippen LogP contribution in [0.4, 0.5) is 0 Å². The van der Waals surface area contributed by atoms with Gasteiger partial charge in [-0.3, -0.25) is 4.79 Å². The van der Waals surface area contributed by atoms with Crippen LogP contribution in [0.15, 0.2) is 34.2 Å². The van der Waals surface area contributed by atoms with E-state index in [1.165, 1.54) is 43.9 Å². The minimum absolute atomic E-state index is 0.0311. The van der Waals surface area contributed by atoms with Crippen molar-refractivity contribution >= 4 is 11.8 Å². The number of nitrogens with one attached hydrogen (secondary N) is 1. The van der Waals surface area contributed by atoms with Crippen molar-refractivity contribution in [2.45, 2.75) is 50.6 Å². The van der Waals surface area contributed by atoms with E-state index in [0.717, 1.165) is 17.7 Å². The van der Waals surface area contributed by atoms with Crippen molar-refractivity contribution in [3.8, 4) is 23.1 Å². The molecule has 138 valence electrons. The molecule has 0 aliphatic carbocycles. The van der Waals surface area contributed by atoms with Crippen molar-refractivity contribution < 1.29 is 4.74 Å². The Morgan fingerprint density at radius 1 is 1.15 bits per heavy atom. The highest BCUT2D eigenvalue weighted by molar-refractivity contribution is 7.98. The van der Waals surface area contributed by atoms with Crippen molar-refractivity contribution in [2.75, 3.05) is 12.9 Å². The lowest BCUT2D eigenvalue weighted by Crippen LogP contribution is -2.14. The Morgan fingerprint density at radius 2 is 1.85 bits per heavy atom. The van der Waals surface area contributed by atoms with Gasteiger partial charge in [0.05, 0.1) is 12.3 Å². The highest BCUT2D eigenvalue weighted by Crippen LogP contribution is 2.24. The number of benzene rings is 1. The molecule has 0 unspecified atom stereocenters. The van der Waals surface area contributed by atoms with Gasteiger partial charge in [-0.2, -0.15) is 5.26 Å². The molecule has 0 saturated carbocycles. The molecule has 0 radical (unpaired) electrons. The predicted molar refractivity (Wildman–Crippen MR) is 106 cm³/mol. The van der Waals surface area contributed by atoms with Crippen LogP contribution < -0.4 is 10.3 Å². The molecule has 5 nitrogen and oxygen atoms in total. The Kier molecular flexibility index (Phi) is 8.23. The van der Waals surface area contributed by atoms with Crippen LogP contribution in [0.2, 0.25) is 0 Å². The van der Waals surface area contributed by atoms with Crippen LogP contribution in [0, 0.1) is 11.3 Å². The molecule has 6 heteroatoms. The maximum absolute atomic E-state index is 12.0. The summed E-state index contributed by atoms with van der Waals surface area (Å²) in [5.41, 5.74) is 0.756.